The van der Waals surface area contributed by atoms with E-state index in [1.165, 1.54) is 0 Å². The van der Waals surface area contributed by atoms with Gasteiger partial charge in [0, 0.05) is 6.04 Å². The molecule has 1 aliphatic heterocycles. The van der Waals surface area contributed by atoms with Crippen LogP contribution in [0.4, 0.5) is 0 Å². The highest BCUT2D eigenvalue weighted by Crippen LogP contribution is 2.25. The molecule has 5 heteroatoms. The van der Waals surface area contributed by atoms with Crippen molar-refractivity contribution in [3.05, 3.63) is 35.4 Å². The van der Waals surface area contributed by atoms with Gasteiger partial charge in [-0.3, -0.25) is 19.3 Å². The molecule has 21 heavy (non-hydrogen) atoms. The molecule has 0 radical (unpaired) electrons. The molecule has 1 heterocycles. The maximum Gasteiger partial charge on any atom is 0.262 e. The Morgan fingerprint density at radius 2 is 1.67 bits per heavy atom. The summed E-state index contributed by atoms with van der Waals surface area (Å²) in [4.78, 5) is 38.0. The van der Waals surface area contributed by atoms with Crippen LogP contribution in [0.2, 0.25) is 0 Å². The standard InChI is InChI=1S/C16H18N2O3/c1-10(14(19)17-11-6-2-3-7-11)18-15(20)12-8-4-5-9-13(12)16(18)21/h4-5,8-11H,2-3,6-7H2,1H3,(H,17,19)/t10-/m1/s1. The normalized spacial score (nSPS) is 19.8. The Morgan fingerprint density at radius 3 is 2.19 bits per heavy atom. The first-order chi connectivity index (χ1) is 10.1. The van der Waals surface area contributed by atoms with Gasteiger partial charge in [0.15, 0.2) is 0 Å². The van der Waals surface area contributed by atoms with Crippen molar-refractivity contribution >= 4 is 17.7 Å². The molecule has 1 aliphatic carbocycles. The second-order valence-electron chi connectivity index (χ2n) is 5.69. The first-order valence-corrected chi connectivity index (χ1v) is 7.37. The molecule has 3 rings (SSSR count). The highest BCUT2D eigenvalue weighted by molar-refractivity contribution is 6.22. The Kier molecular flexibility index (Phi) is 3.49. The molecule has 1 saturated carbocycles. The van der Waals surface area contributed by atoms with E-state index in [4.69, 9.17) is 0 Å². The van der Waals surface area contributed by atoms with Gasteiger partial charge in [-0.2, -0.15) is 0 Å². The van der Waals surface area contributed by atoms with Crippen LogP contribution in [0.5, 0.6) is 0 Å². The summed E-state index contributed by atoms with van der Waals surface area (Å²) in [6.45, 7) is 1.60. The third-order valence-corrected chi connectivity index (χ3v) is 4.29. The summed E-state index contributed by atoms with van der Waals surface area (Å²) in [5.74, 6) is -1.02. The van der Waals surface area contributed by atoms with Gasteiger partial charge < -0.3 is 5.32 Å². The van der Waals surface area contributed by atoms with Gasteiger partial charge in [0.05, 0.1) is 11.1 Å². The SMILES string of the molecule is C[C@H](C(=O)NC1CCCC1)N1C(=O)c2ccccc2C1=O. The molecule has 1 atom stereocenters. The van der Waals surface area contributed by atoms with Gasteiger partial charge in [0.25, 0.3) is 11.8 Å². The molecule has 3 amide bonds. The third kappa shape index (κ3) is 2.33. The number of fused-ring (bicyclic) bond motifs is 1. The molecule has 5 nitrogen and oxygen atoms in total. The van der Waals surface area contributed by atoms with Gasteiger partial charge in [-0.15, -0.1) is 0 Å². The molecule has 0 saturated heterocycles. The molecule has 110 valence electrons. The highest BCUT2D eigenvalue weighted by atomic mass is 16.2. The summed E-state index contributed by atoms with van der Waals surface area (Å²) < 4.78 is 0. The number of carbonyl (C=O) groups is 3. The summed E-state index contributed by atoms with van der Waals surface area (Å²) >= 11 is 0. The summed E-state index contributed by atoms with van der Waals surface area (Å²) in [6, 6.07) is 6.08. The number of rotatable bonds is 3. The lowest BCUT2D eigenvalue weighted by molar-refractivity contribution is -0.125. The summed E-state index contributed by atoms with van der Waals surface area (Å²) in [7, 11) is 0. The van der Waals surface area contributed by atoms with Crippen molar-refractivity contribution in [1.29, 1.82) is 0 Å². The Labute approximate surface area is 123 Å². The molecule has 1 aromatic rings. The van der Waals surface area contributed by atoms with Crippen molar-refractivity contribution in [3.63, 3.8) is 0 Å². The number of hydrogen-bond acceptors (Lipinski definition) is 3. The Bertz CT molecular complexity index is 570. The fourth-order valence-electron chi connectivity index (χ4n) is 3.07. The van der Waals surface area contributed by atoms with Gasteiger partial charge >= 0.3 is 0 Å². The van der Waals surface area contributed by atoms with Crippen LogP contribution in [0.25, 0.3) is 0 Å². The Balaban J connectivity index is 1.76. The van der Waals surface area contributed by atoms with Crippen LogP contribution in [0, 0.1) is 0 Å². The Hall–Kier alpha value is -2.17. The van der Waals surface area contributed by atoms with E-state index in [9.17, 15) is 14.4 Å². The van der Waals surface area contributed by atoms with Crippen LogP contribution in [-0.4, -0.2) is 34.7 Å². The largest absolute Gasteiger partial charge is 0.352 e. The molecule has 1 aromatic carbocycles. The van der Waals surface area contributed by atoms with Crippen LogP contribution >= 0.6 is 0 Å². The minimum absolute atomic E-state index is 0.176. The number of benzene rings is 1. The van der Waals surface area contributed by atoms with E-state index >= 15 is 0 Å². The zero-order valence-electron chi connectivity index (χ0n) is 12.0. The third-order valence-electron chi connectivity index (χ3n) is 4.29. The lowest BCUT2D eigenvalue weighted by atomic mass is 10.1. The first kappa shape index (κ1) is 13.8. The smallest absolute Gasteiger partial charge is 0.262 e. The topological polar surface area (TPSA) is 66.5 Å². The molecular weight excluding hydrogens is 268 g/mol. The van der Waals surface area contributed by atoms with E-state index in [-0.39, 0.29) is 23.8 Å². The zero-order valence-corrected chi connectivity index (χ0v) is 12.0. The lowest BCUT2D eigenvalue weighted by Gasteiger charge is -2.23. The fourth-order valence-corrected chi connectivity index (χ4v) is 3.07. The van der Waals surface area contributed by atoms with Crippen molar-refractivity contribution < 1.29 is 14.4 Å². The molecule has 2 aliphatic rings. The molecular formula is C16H18N2O3. The number of nitrogens with zero attached hydrogens (tertiary/aromatic N) is 1. The molecule has 0 bridgehead atoms. The van der Waals surface area contributed by atoms with E-state index in [1.54, 1.807) is 31.2 Å². The zero-order chi connectivity index (χ0) is 15.0. The number of carbonyl (C=O) groups excluding carboxylic acids is 3. The Morgan fingerprint density at radius 1 is 1.14 bits per heavy atom. The quantitative estimate of drug-likeness (QED) is 0.861. The van der Waals surface area contributed by atoms with E-state index in [0.29, 0.717) is 11.1 Å². The van der Waals surface area contributed by atoms with E-state index < -0.39 is 6.04 Å². The maximum atomic E-state index is 12.3. The predicted octanol–water partition coefficient (Wildman–Crippen LogP) is 1.73. The van der Waals surface area contributed by atoms with Crippen LogP contribution < -0.4 is 5.32 Å². The average molecular weight is 286 g/mol. The molecule has 0 spiro atoms. The van der Waals surface area contributed by atoms with E-state index in [0.717, 1.165) is 30.6 Å². The summed E-state index contributed by atoms with van der Waals surface area (Å²) in [5.41, 5.74) is 0.756. The van der Waals surface area contributed by atoms with Gasteiger partial charge in [-0.05, 0) is 31.9 Å². The van der Waals surface area contributed by atoms with Crippen molar-refractivity contribution in [3.8, 4) is 0 Å². The van der Waals surface area contributed by atoms with Gasteiger partial charge in [-0.25, -0.2) is 0 Å². The molecule has 1 fully saturated rings. The molecule has 0 unspecified atom stereocenters. The van der Waals surface area contributed by atoms with Crippen molar-refractivity contribution in [1.82, 2.24) is 10.2 Å². The van der Waals surface area contributed by atoms with Crippen LogP contribution in [0.15, 0.2) is 24.3 Å². The maximum absolute atomic E-state index is 12.3. The highest BCUT2D eigenvalue weighted by Gasteiger charge is 2.40. The average Bonchev–Trinajstić information content (AvgIpc) is 3.07. The van der Waals surface area contributed by atoms with Crippen LogP contribution in [0.3, 0.4) is 0 Å². The van der Waals surface area contributed by atoms with Crippen molar-refractivity contribution in [2.24, 2.45) is 0 Å². The van der Waals surface area contributed by atoms with E-state index in [1.807, 2.05) is 0 Å². The number of hydrogen-bond donors (Lipinski definition) is 1. The van der Waals surface area contributed by atoms with Gasteiger partial charge in [0.2, 0.25) is 5.91 Å². The number of imide groups is 1. The number of nitrogens with one attached hydrogen (secondary N) is 1. The van der Waals surface area contributed by atoms with Gasteiger partial charge in [-0.1, -0.05) is 25.0 Å². The number of amides is 3. The van der Waals surface area contributed by atoms with Gasteiger partial charge in [0.1, 0.15) is 6.04 Å². The fraction of sp³-hybridized carbons (Fsp3) is 0.438. The first-order valence-electron chi connectivity index (χ1n) is 7.37. The molecule has 1 N–H and O–H groups in total. The second kappa shape index (κ2) is 5.31. The minimum Gasteiger partial charge on any atom is -0.352 e. The lowest BCUT2D eigenvalue weighted by Crippen LogP contribution is -2.49. The van der Waals surface area contributed by atoms with Crippen molar-refractivity contribution in [2.75, 3.05) is 0 Å². The van der Waals surface area contributed by atoms with Crippen LogP contribution in [0.1, 0.15) is 53.3 Å². The molecule has 0 aromatic heterocycles. The minimum atomic E-state index is -0.780. The monoisotopic (exact) mass is 286 g/mol. The van der Waals surface area contributed by atoms with E-state index in [2.05, 4.69) is 5.32 Å². The summed E-state index contributed by atoms with van der Waals surface area (Å²) in [5, 5.41) is 2.94. The van der Waals surface area contributed by atoms with Crippen molar-refractivity contribution in [2.45, 2.75) is 44.7 Å². The summed E-state index contributed by atoms with van der Waals surface area (Å²) in [6.07, 6.45) is 4.18. The second-order valence-corrected chi connectivity index (χ2v) is 5.69. The van der Waals surface area contributed by atoms with Crippen LogP contribution in [-0.2, 0) is 4.79 Å². The predicted molar refractivity (Wildman–Crippen MR) is 76.8 cm³/mol.